The lowest BCUT2D eigenvalue weighted by atomic mass is 10.1. The molecule has 1 fully saturated rings. The summed E-state index contributed by atoms with van der Waals surface area (Å²) in [5.74, 6) is -0.516. The summed E-state index contributed by atoms with van der Waals surface area (Å²) in [7, 11) is 1.90. The summed E-state index contributed by atoms with van der Waals surface area (Å²) in [5, 5.41) is 0. The van der Waals surface area contributed by atoms with Gasteiger partial charge in [-0.25, -0.2) is 4.39 Å². The third-order valence-corrected chi connectivity index (χ3v) is 3.57. The molecule has 1 aliphatic heterocycles. The van der Waals surface area contributed by atoms with E-state index in [-0.39, 0.29) is 17.8 Å². The molecule has 4 nitrogen and oxygen atoms in total. The summed E-state index contributed by atoms with van der Waals surface area (Å²) in [6.07, 6.45) is 0. The number of primary amides is 1. The molecule has 1 heterocycles. The lowest BCUT2D eigenvalue weighted by Gasteiger charge is -2.37. The molecule has 1 aromatic rings. The molecule has 1 aromatic carbocycles. The molecule has 19 heavy (non-hydrogen) atoms. The number of rotatable bonds is 3. The highest BCUT2D eigenvalue weighted by molar-refractivity contribution is 5.80. The van der Waals surface area contributed by atoms with E-state index in [9.17, 15) is 9.18 Å². The Bertz CT molecular complexity index is 458. The zero-order chi connectivity index (χ0) is 14.0. The molecule has 1 saturated heterocycles. The van der Waals surface area contributed by atoms with Gasteiger partial charge in [-0.2, -0.15) is 0 Å². The third kappa shape index (κ3) is 3.52. The molecule has 1 aliphatic rings. The molecule has 2 N–H and O–H groups in total. The van der Waals surface area contributed by atoms with Gasteiger partial charge in [-0.05, 0) is 37.2 Å². The molecule has 2 rings (SSSR count). The molecule has 1 amide bonds. The molecule has 104 valence electrons. The first-order chi connectivity index (χ1) is 8.95. The van der Waals surface area contributed by atoms with Gasteiger partial charge in [0.25, 0.3) is 0 Å². The van der Waals surface area contributed by atoms with E-state index in [2.05, 4.69) is 4.90 Å². The van der Waals surface area contributed by atoms with E-state index < -0.39 is 0 Å². The van der Waals surface area contributed by atoms with Gasteiger partial charge in [-0.1, -0.05) is 6.07 Å². The van der Waals surface area contributed by atoms with Crippen molar-refractivity contribution in [1.82, 2.24) is 9.80 Å². The molecule has 0 saturated carbocycles. The largest absolute Gasteiger partial charge is 0.368 e. The first-order valence-electron chi connectivity index (χ1n) is 6.43. The predicted octanol–water partition coefficient (Wildman–Crippen LogP) is 0.735. The smallest absolute Gasteiger partial charge is 0.236 e. The van der Waals surface area contributed by atoms with Crippen molar-refractivity contribution < 1.29 is 9.18 Å². The SMILES string of the molecule is Cc1cc(F)cc(CN2CCN(C)C(C(N)=O)C2)c1. The topological polar surface area (TPSA) is 49.6 Å². The van der Waals surface area contributed by atoms with Crippen LogP contribution in [0.25, 0.3) is 0 Å². The molecule has 0 radical (unpaired) electrons. The highest BCUT2D eigenvalue weighted by atomic mass is 19.1. The van der Waals surface area contributed by atoms with Crippen molar-refractivity contribution in [2.45, 2.75) is 19.5 Å². The quantitative estimate of drug-likeness (QED) is 0.877. The molecular weight excluding hydrogens is 245 g/mol. The first-order valence-corrected chi connectivity index (χ1v) is 6.43. The molecule has 0 aromatic heterocycles. The highest BCUT2D eigenvalue weighted by Crippen LogP contribution is 2.14. The first kappa shape index (κ1) is 14.0. The Morgan fingerprint density at radius 1 is 1.42 bits per heavy atom. The van der Waals surface area contributed by atoms with Crippen LogP contribution in [0.2, 0.25) is 0 Å². The number of piperazine rings is 1. The summed E-state index contributed by atoms with van der Waals surface area (Å²) >= 11 is 0. The third-order valence-electron chi connectivity index (χ3n) is 3.57. The van der Waals surface area contributed by atoms with Crippen LogP contribution in [0.5, 0.6) is 0 Å². The normalized spacial score (nSPS) is 21.5. The Kier molecular flexibility index (Phi) is 4.17. The molecule has 0 bridgehead atoms. The van der Waals surface area contributed by atoms with Crippen LogP contribution >= 0.6 is 0 Å². The van der Waals surface area contributed by atoms with Gasteiger partial charge in [0.1, 0.15) is 11.9 Å². The van der Waals surface area contributed by atoms with E-state index in [1.54, 1.807) is 6.07 Å². The van der Waals surface area contributed by atoms with Gasteiger partial charge >= 0.3 is 0 Å². The Morgan fingerprint density at radius 3 is 2.79 bits per heavy atom. The van der Waals surface area contributed by atoms with Crippen molar-refractivity contribution in [1.29, 1.82) is 0 Å². The number of amides is 1. The number of benzene rings is 1. The van der Waals surface area contributed by atoms with Crippen molar-refractivity contribution in [3.8, 4) is 0 Å². The maximum Gasteiger partial charge on any atom is 0.236 e. The van der Waals surface area contributed by atoms with Crippen LogP contribution in [0.15, 0.2) is 18.2 Å². The lowest BCUT2D eigenvalue weighted by Crippen LogP contribution is -2.56. The maximum absolute atomic E-state index is 13.3. The van der Waals surface area contributed by atoms with Crippen LogP contribution in [-0.2, 0) is 11.3 Å². The Hall–Kier alpha value is -1.46. The van der Waals surface area contributed by atoms with Crippen LogP contribution in [0.4, 0.5) is 4.39 Å². The van der Waals surface area contributed by atoms with Gasteiger partial charge in [0.2, 0.25) is 5.91 Å². The maximum atomic E-state index is 13.3. The second kappa shape index (κ2) is 5.67. The summed E-state index contributed by atoms with van der Waals surface area (Å²) in [5.41, 5.74) is 7.24. The summed E-state index contributed by atoms with van der Waals surface area (Å²) in [6.45, 7) is 4.78. The highest BCUT2D eigenvalue weighted by Gasteiger charge is 2.28. The molecule has 0 spiro atoms. The molecule has 1 unspecified atom stereocenters. The van der Waals surface area contributed by atoms with Crippen LogP contribution in [0, 0.1) is 12.7 Å². The second-order valence-electron chi connectivity index (χ2n) is 5.27. The van der Waals surface area contributed by atoms with Gasteiger partial charge in [-0.15, -0.1) is 0 Å². The van der Waals surface area contributed by atoms with Gasteiger partial charge in [0.15, 0.2) is 0 Å². The minimum absolute atomic E-state index is 0.212. The molecule has 0 aliphatic carbocycles. The second-order valence-corrected chi connectivity index (χ2v) is 5.27. The van der Waals surface area contributed by atoms with Crippen LogP contribution in [0.1, 0.15) is 11.1 Å². The van der Waals surface area contributed by atoms with Crippen molar-refractivity contribution in [3.63, 3.8) is 0 Å². The summed E-state index contributed by atoms with van der Waals surface area (Å²) in [6, 6.07) is 4.77. The Labute approximate surface area is 113 Å². The van der Waals surface area contributed by atoms with E-state index in [0.29, 0.717) is 13.1 Å². The number of likely N-dealkylation sites (N-methyl/N-ethyl adjacent to an activating group) is 1. The minimum Gasteiger partial charge on any atom is -0.368 e. The van der Waals surface area contributed by atoms with E-state index in [1.165, 1.54) is 6.07 Å². The predicted molar refractivity (Wildman–Crippen MR) is 72.0 cm³/mol. The van der Waals surface area contributed by atoms with Crippen molar-refractivity contribution in [2.24, 2.45) is 5.73 Å². The number of carbonyl (C=O) groups is 1. The number of nitrogens with two attached hydrogens (primary N) is 1. The Balaban J connectivity index is 2.05. The summed E-state index contributed by atoms with van der Waals surface area (Å²) in [4.78, 5) is 15.5. The average molecular weight is 265 g/mol. The van der Waals surface area contributed by atoms with E-state index >= 15 is 0 Å². The fraction of sp³-hybridized carbons (Fsp3) is 0.500. The zero-order valence-corrected chi connectivity index (χ0v) is 11.4. The molecule has 5 heteroatoms. The van der Waals surface area contributed by atoms with Gasteiger partial charge in [-0.3, -0.25) is 14.6 Å². The zero-order valence-electron chi connectivity index (χ0n) is 11.4. The number of hydrogen-bond acceptors (Lipinski definition) is 3. The number of carbonyl (C=O) groups excluding carboxylic acids is 1. The van der Waals surface area contributed by atoms with Gasteiger partial charge < -0.3 is 5.73 Å². The summed E-state index contributed by atoms with van der Waals surface area (Å²) < 4.78 is 13.3. The fourth-order valence-electron chi connectivity index (χ4n) is 2.54. The van der Waals surface area contributed by atoms with Crippen molar-refractivity contribution in [3.05, 3.63) is 35.1 Å². The van der Waals surface area contributed by atoms with Crippen LogP contribution in [-0.4, -0.2) is 48.4 Å². The van der Waals surface area contributed by atoms with E-state index in [4.69, 9.17) is 5.73 Å². The van der Waals surface area contributed by atoms with Crippen molar-refractivity contribution >= 4 is 5.91 Å². The number of halogens is 1. The standard InChI is InChI=1S/C14H20FN3O/c1-10-5-11(7-12(15)6-10)8-18-4-3-17(2)13(9-18)14(16)19/h5-7,13H,3-4,8-9H2,1-2H3,(H2,16,19). The number of hydrogen-bond donors (Lipinski definition) is 1. The fourth-order valence-corrected chi connectivity index (χ4v) is 2.54. The van der Waals surface area contributed by atoms with Crippen LogP contribution < -0.4 is 5.73 Å². The number of nitrogens with zero attached hydrogens (tertiary/aromatic N) is 2. The van der Waals surface area contributed by atoms with Gasteiger partial charge in [0.05, 0.1) is 0 Å². The van der Waals surface area contributed by atoms with Crippen LogP contribution in [0.3, 0.4) is 0 Å². The molecule has 1 atom stereocenters. The molecular formula is C14H20FN3O. The van der Waals surface area contributed by atoms with Crippen molar-refractivity contribution in [2.75, 3.05) is 26.7 Å². The average Bonchev–Trinajstić information content (AvgIpc) is 2.30. The lowest BCUT2D eigenvalue weighted by molar-refractivity contribution is -0.125. The minimum atomic E-state index is -0.303. The number of aryl methyl sites for hydroxylation is 1. The van der Waals surface area contributed by atoms with E-state index in [1.807, 2.05) is 24.9 Å². The Morgan fingerprint density at radius 2 is 2.16 bits per heavy atom. The van der Waals surface area contributed by atoms with E-state index in [0.717, 1.165) is 24.2 Å². The monoisotopic (exact) mass is 265 g/mol. The van der Waals surface area contributed by atoms with Gasteiger partial charge in [0, 0.05) is 26.2 Å².